The maximum absolute atomic E-state index is 13.3. The van der Waals surface area contributed by atoms with Gasteiger partial charge in [0.25, 0.3) is 0 Å². The van der Waals surface area contributed by atoms with Gasteiger partial charge in [0.1, 0.15) is 5.82 Å². The molecule has 0 atom stereocenters. The van der Waals surface area contributed by atoms with Crippen LogP contribution < -0.4 is 5.73 Å². The van der Waals surface area contributed by atoms with Crippen molar-refractivity contribution in [2.45, 2.75) is 6.92 Å². The highest BCUT2D eigenvalue weighted by Crippen LogP contribution is 2.29. The largest absolute Gasteiger partial charge is 0.397 e. The summed E-state index contributed by atoms with van der Waals surface area (Å²) in [6.45, 7) is 1.82. The average molecular weight is 255 g/mol. The van der Waals surface area contributed by atoms with E-state index in [0.29, 0.717) is 15.5 Å². The summed E-state index contributed by atoms with van der Waals surface area (Å²) in [6, 6.07) is 3.16. The summed E-state index contributed by atoms with van der Waals surface area (Å²) in [5.74, 6) is -0.289. The van der Waals surface area contributed by atoms with Crippen LogP contribution in [0.3, 0.4) is 0 Å². The molecule has 0 aliphatic heterocycles. The van der Waals surface area contributed by atoms with Crippen molar-refractivity contribution in [3.8, 4) is 0 Å². The van der Waals surface area contributed by atoms with E-state index >= 15 is 0 Å². The predicted octanol–water partition coefficient (Wildman–Crippen LogP) is 3.03. The van der Waals surface area contributed by atoms with Crippen LogP contribution in [0, 0.1) is 12.7 Å². The van der Waals surface area contributed by atoms with Gasteiger partial charge < -0.3 is 5.73 Å². The Morgan fingerprint density at radius 1 is 1.43 bits per heavy atom. The van der Waals surface area contributed by atoms with Crippen molar-refractivity contribution in [1.29, 1.82) is 0 Å². The Morgan fingerprint density at radius 2 is 2.14 bits per heavy atom. The minimum absolute atomic E-state index is 0.289. The van der Waals surface area contributed by atoms with Gasteiger partial charge in [0.2, 0.25) is 0 Å². The zero-order chi connectivity index (χ0) is 10.3. The summed E-state index contributed by atoms with van der Waals surface area (Å²) in [4.78, 5) is 4.16. The second-order valence-electron chi connectivity index (χ2n) is 3.15. The van der Waals surface area contributed by atoms with Gasteiger partial charge in [-0.2, -0.15) is 0 Å². The van der Waals surface area contributed by atoms with Crippen LogP contribution in [-0.4, -0.2) is 4.98 Å². The highest BCUT2D eigenvalue weighted by Gasteiger charge is 2.08. The third-order valence-electron chi connectivity index (χ3n) is 2.07. The van der Waals surface area contributed by atoms with Crippen LogP contribution in [0.5, 0.6) is 0 Å². The molecule has 0 aliphatic carbocycles. The van der Waals surface area contributed by atoms with Crippen LogP contribution >= 0.6 is 15.9 Å². The summed E-state index contributed by atoms with van der Waals surface area (Å²) in [5.41, 5.74) is 7.69. The number of anilines is 1. The molecule has 0 aliphatic rings. The molecule has 0 spiro atoms. The number of fused-ring (bicyclic) bond motifs is 1. The zero-order valence-corrected chi connectivity index (χ0v) is 9.10. The number of hydrogen-bond donors (Lipinski definition) is 1. The van der Waals surface area contributed by atoms with Gasteiger partial charge in [-0.25, -0.2) is 4.39 Å². The fourth-order valence-corrected chi connectivity index (χ4v) is 1.83. The number of nitrogen functional groups attached to an aromatic ring is 1. The number of nitrogens with zero attached hydrogens (tertiary/aromatic N) is 1. The van der Waals surface area contributed by atoms with Gasteiger partial charge in [-0.15, -0.1) is 0 Å². The number of hydrogen-bond acceptors (Lipinski definition) is 2. The summed E-state index contributed by atoms with van der Waals surface area (Å²) < 4.78 is 13.7. The Kier molecular flexibility index (Phi) is 2.15. The third-order valence-corrected chi connectivity index (χ3v) is 2.88. The fraction of sp³-hybridized carbons (Fsp3) is 0.100. The number of rotatable bonds is 0. The Balaban J connectivity index is 2.95. The number of nitrogens with two attached hydrogens (primary N) is 1. The van der Waals surface area contributed by atoms with E-state index < -0.39 is 0 Å². The fourth-order valence-electron chi connectivity index (χ4n) is 1.41. The molecule has 0 saturated carbocycles. The molecule has 72 valence electrons. The van der Waals surface area contributed by atoms with E-state index in [4.69, 9.17) is 5.73 Å². The van der Waals surface area contributed by atoms with Gasteiger partial charge in [-0.05, 0) is 40.5 Å². The molecule has 0 saturated heterocycles. The standard InChI is InChI=1S/C10H8BrFN2/c1-5-2-8(12)9(11)7-3-6(13)4-14-10(5)7/h2-4H,13H2,1H3. The molecular formula is C10H8BrFN2. The van der Waals surface area contributed by atoms with E-state index in [-0.39, 0.29) is 5.82 Å². The van der Waals surface area contributed by atoms with Gasteiger partial charge in [0, 0.05) is 5.39 Å². The Morgan fingerprint density at radius 3 is 2.86 bits per heavy atom. The van der Waals surface area contributed by atoms with Crippen LogP contribution in [0.4, 0.5) is 10.1 Å². The number of halogens is 2. The van der Waals surface area contributed by atoms with E-state index in [1.165, 1.54) is 6.07 Å². The Labute approximate surface area is 89.1 Å². The molecule has 1 heterocycles. The molecule has 4 heteroatoms. The molecule has 2 aromatic rings. The second kappa shape index (κ2) is 3.20. The Bertz CT molecular complexity index is 511. The summed E-state index contributed by atoms with van der Waals surface area (Å²) in [7, 11) is 0. The Hall–Kier alpha value is -1.16. The lowest BCUT2D eigenvalue weighted by Crippen LogP contribution is -1.92. The van der Waals surface area contributed by atoms with Crippen LogP contribution in [0.25, 0.3) is 10.9 Å². The number of aryl methyl sites for hydroxylation is 1. The average Bonchev–Trinajstić information content (AvgIpc) is 2.14. The molecule has 0 fully saturated rings. The lowest BCUT2D eigenvalue weighted by atomic mass is 10.1. The van der Waals surface area contributed by atoms with Gasteiger partial charge in [0.15, 0.2) is 0 Å². The van der Waals surface area contributed by atoms with E-state index in [9.17, 15) is 4.39 Å². The van der Waals surface area contributed by atoms with Gasteiger partial charge in [0.05, 0.1) is 21.9 Å². The molecule has 2 nitrogen and oxygen atoms in total. The quantitative estimate of drug-likeness (QED) is 0.785. The number of pyridine rings is 1. The van der Waals surface area contributed by atoms with Crippen molar-refractivity contribution in [3.05, 3.63) is 34.2 Å². The van der Waals surface area contributed by atoms with Crippen molar-refractivity contribution in [2.24, 2.45) is 0 Å². The summed E-state index contributed by atoms with van der Waals surface area (Å²) >= 11 is 3.18. The highest BCUT2D eigenvalue weighted by molar-refractivity contribution is 9.10. The molecule has 2 rings (SSSR count). The van der Waals surface area contributed by atoms with Crippen LogP contribution in [0.2, 0.25) is 0 Å². The molecule has 0 unspecified atom stereocenters. The van der Waals surface area contributed by atoms with Gasteiger partial charge in [-0.3, -0.25) is 4.98 Å². The normalized spacial score (nSPS) is 10.8. The molecule has 0 radical (unpaired) electrons. The topological polar surface area (TPSA) is 38.9 Å². The third kappa shape index (κ3) is 1.35. The lowest BCUT2D eigenvalue weighted by molar-refractivity contribution is 0.622. The molecule has 1 aromatic heterocycles. The van der Waals surface area contributed by atoms with Gasteiger partial charge in [-0.1, -0.05) is 0 Å². The van der Waals surface area contributed by atoms with Crippen molar-refractivity contribution in [3.63, 3.8) is 0 Å². The highest BCUT2D eigenvalue weighted by atomic mass is 79.9. The molecular weight excluding hydrogens is 247 g/mol. The molecule has 1 aromatic carbocycles. The first-order valence-electron chi connectivity index (χ1n) is 4.09. The monoisotopic (exact) mass is 254 g/mol. The van der Waals surface area contributed by atoms with Crippen molar-refractivity contribution in [1.82, 2.24) is 4.98 Å². The van der Waals surface area contributed by atoms with E-state index in [1.54, 1.807) is 12.3 Å². The van der Waals surface area contributed by atoms with Gasteiger partial charge >= 0.3 is 0 Å². The molecule has 0 bridgehead atoms. The minimum Gasteiger partial charge on any atom is -0.397 e. The predicted molar refractivity (Wildman–Crippen MR) is 58.6 cm³/mol. The van der Waals surface area contributed by atoms with Crippen molar-refractivity contribution >= 4 is 32.5 Å². The lowest BCUT2D eigenvalue weighted by Gasteiger charge is -2.05. The van der Waals surface area contributed by atoms with Crippen LogP contribution in [-0.2, 0) is 0 Å². The first kappa shape index (κ1) is 9.40. The number of benzene rings is 1. The van der Waals surface area contributed by atoms with Crippen molar-refractivity contribution in [2.75, 3.05) is 5.73 Å². The van der Waals surface area contributed by atoms with Crippen molar-refractivity contribution < 1.29 is 4.39 Å². The van der Waals surface area contributed by atoms with Crippen LogP contribution in [0.15, 0.2) is 22.8 Å². The minimum atomic E-state index is -0.289. The first-order valence-corrected chi connectivity index (χ1v) is 4.88. The van der Waals surface area contributed by atoms with E-state index in [0.717, 1.165) is 11.1 Å². The first-order chi connectivity index (χ1) is 6.59. The van der Waals surface area contributed by atoms with Crippen LogP contribution in [0.1, 0.15) is 5.56 Å². The molecule has 14 heavy (non-hydrogen) atoms. The molecule has 2 N–H and O–H groups in total. The maximum Gasteiger partial charge on any atom is 0.138 e. The van der Waals surface area contributed by atoms with E-state index in [1.807, 2.05) is 6.92 Å². The SMILES string of the molecule is Cc1cc(F)c(Br)c2cc(N)cnc12. The smallest absolute Gasteiger partial charge is 0.138 e. The van der Waals surface area contributed by atoms with E-state index in [2.05, 4.69) is 20.9 Å². The summed E-state index contributed by atoms with van der Waals surface area (Å²) in [6.07, 6.45) is 1.57. The molecule has 0 amide bonds. The second-order valence-corrected chi connectivity index (χ2v) is 3.95. The summed E-state index contributed by atoms with van der Waals surface area (Å²) in [5, 5.41) is 0.711. The maximum atomic E-state index is 13.3. The number of aromatic nitrogens is 1. The zero-order valence-electron chi connectivity index (χ0n) is 7.51.